The molecule has 0 aliphatic carbocycles. The van der Waals surface area contributed by atoms with Crippen LogP contribution in [0.25, 0.3) is 0 Å². The second kappa shape index (κ2) is 11.9. The first-order valence-electron chi connectivity index (χ1n) is 11.9. The topological polar surface area (TPSA) is 95.6 Å². The lowest BCUT2D eigenvalue weighted by Gasteiger charge is -2.39. The van der Waals surface area contributed by atoms with Crippen molar-refractivity contribution in [2.24, 2.45) is 5.92 Å². The van der Waals surface area contributed by atoms with Gasteiger partial charge < -0.3 is 33.9 Å². The smallest absolute Gasteiger partial charge is 0.328 e. The van der Waals surface area contributed by atoms with Crippen LogP contribution in [0.15, 0.2) is 30.3 Å². The van der Waals surface area contributed by atoms with Crippen molar-refractivity contribution in [3.05, 3.63) is 47.0 Å². The van der Waals surface area contributed by atoms with Crippen LogP contribution in [0.3, 0.4) is 0 Å². The highest BCUT2D eigenvalue weighted by Gasteiger charge is 2.36. The van der Waals surface area contributed by atoms with Gasteiger partial charge in [0, 0.05) is 6.54 Å². The summed E-state index contributed by atoms with van der Waals surface area (Å²) in [7, 11) is 7.65. The maximum Gasteiger partial charge on any atom is 0.328 e. The number of benzene rings is 2. The van der Waals surface area contributed by atoms with E-state index in [2.05, 4.69) is 5.32 Å². The van der Waals surface area contributed by atoms with Gasteiger partial charge in [-0.05, 0) is 53.3 Å². The molecule has 9 nitrogen and oxygen atoms in total. The van der Waals surface area contributed by atoms with E-state index in [0.29, 0.717) is 42.4 Å². The molecule has 0 fully saturated rings. The van der Waals surface area contributed by atoms with E-state index in [1.165, 1.54) is 7.11 Å². The Bertz CT molecular complexity index is 1090. The average Bonchev–Trinajstić information content (AvgIpc) is 2.92. The first-order chi connectivity index (χ1) is 17.3. The molecule has 36 heavy (non-hydrogen) atoms. The molecule has 0 spiro atoms. The SMILES string of the molecule is CCC(C)[C@H](NC(=O)N1CCc2cc(OC)c(OC)cc2C1c1ccc(OC)c(OC)c1)C(=O)OC. The molecule has 1 aliphatic heterocycles. The largest absolute Gasteiger partial charge is 0.493 e. The number of nitrogens with zero attached hydrogens (tertiary/aromatic N) is 1. The van der Waals surface area contributed by atoms with Gasteiger partial charge in [0.1, 0.15) is 6.04 Å². The van der Waals surface area contributed by atoms with Crippen LogP contribution in [0, 0.1) is 5.92 Å². The highest BCUT2D eigenvalue weighted by atomic mass is 16.5. The number of hydrogen-bond acceptors (Lipinski definition) is 7. The summed E-state index contributed by atoms with van der Waals surface area (Å²) in [5.41, 5.74) is 2.77. The van der Waals surface area contributed by atoms with E-state index in [1.54, 1.807) is 33.3 Å². The summed E-state index contributed by atoms with van der Waals surface area (Å²) in [6, 6.07) is 7.86. The fourth-order valence-corrected chi connectivity index (χ4v) is 4.56. The molecule has 9 heteroatoms. The van der Waals surface area contributed by atoms with Gasteiger partial charge in [0.05, 0.1) is 41.6 Å². The molecule has 0 saturated heterocycles. The number of amides is 2. The number of urea groups is 1. The molecule has 0 aromatic heterocycles. The summed E-state index contributed by atoms with van der Waals surface area (Å²) in [6.45, 7) is 4.31. The molecule has 1 aliphatic rings. The van der Waals surface area contributed by atoms with Crippen molar-refractivity contribution in [3.63, 3.8) is 0 Å². The number of fused-ring (bicyclic) bond motifs is 1. The van der Waals surface area contributed by atoms with Gasteiger partial charge in [0.25, 0.3) is 0 Å². The third-order valence-corrected chi connectivity index (χ3v) is 6.80. The Kier molecular flexibility index (Phi) is 8.90. The van der Waals surface area contributed by atoms with Crippen LogP contribution in [-0.2, 0) is 16.0 Å². The minimum atomic E-state index is -0.759. The average molecular weight is 501 g/mol. The van der Waals surface area contributed by atoms with Crippen LogP contribution in [0.5, 0.6) is 23.0 Å². The molecule has 1 N–H and O–H groups in total. The number of nitrogens with one attached hydrogen (secondary N) is 1. The molecule has 0 saturated carbocycles. The Morgan fingerprint density at radius 1 is 0.944 bits per heavy atom. The number of rotatable bonds is 9. The number of esters is 1. The monoisotopic (exact) mass is 500 g/mol. The molecule has 0 radical (unpaired) electrons. The summed E-state index contributed by atoms with van der Waals surface area (Å²) in [4.78, 5) is 27.9. The lowest BCUT2D eigenvalue weighted by Crippen LogP contribution is -2.53. The van der Waals surface area contributed by atoms with Crippen LogP contribution in [0.1, 0.15) is 43.0 Å². The van der Waals surface area contributed by atoms with Crippen molar-refractivity contribution in [1.82, 2.24) is 10.2 Å². The van der Waals surface area contributed by atoms with Gasteiger partial charge in [-0.15, -0.1) is 0 Å². The predicted molar refractivity (Wildman–Crippen MR) is 135 cm³/mol. The van der Waals surface area contributed by atoms with Crippen LogP contribution >= 0.6 is 0 Å². The Morgan fingerprint density at radius 3 is 2.14 bits per heavy atom. The standard InChI is InChI=1S/C27H36N2O7/c1-8-16(2)24(26(30)36-7)28-27(31)29-12-11-17-13-22(34-5)23(35-6)15-19(17)25(29)18-9-10-20(32-3)21(14-18)33-4/h9-10,13-16,24-25H,8,11-12H2,1-7H3,(H,28,31)/t16?,24-,25?/m0/s1. The van der Waals surface area contributed by atoms with E-state index in [-0.39, 0.29) is 11.9 Å². The molecule has 3 atom stereocenters. The summed E-state index contributed by atoms with van der Waals surface area (Å²) < 4.78 is 27.0. The lowest BCUT2D eigenvalue weighted by atomic mass is 9.87. The fourth-order valence-electron chi connectivity index (χ4n) is 4.56. The van der Waals surface area contributed by atoms with Gasteiger partial charge in [-0.2, -0.15) is 0 Å². The van der Waals surface area contributed by atoms with Gasteiger partial charge in [-0.25, -0.2) is 9.59 Å². The summed E-state index contributed by atoms with van der Waals surface area (Å²) in [5, 5.41) is 2.92. The fraction of sp³-hybridized carbons (Fsp3) is 0.481. The van der Waals surface area contributed by atoms with Crippen molar-refractivity contribution in [2.75, 3.05) is 42.1 Å². The van der Waals surface area contributed by atoms with E-state index >= 15 is 0 Å². The predicted octanol–water partition coefficient (Wildman–Crippen LogP) is 3.97. The first-order valence-corrected chi connectivity index (χ1v) is 11.9. The van der Waals surface area contributed by atoms with Crippen LogP contribution in [0.4, 0.5) is 4.79 Å². The number of ether oxygens (including phenoxy) is 5. The van der Waals surface area contributed by atoms with E-state index < -0.39 is 18.1 Å². The maximum absolute atomic E-state index is 13.7. The van der Waals surface area contributed by atoms with Crippen molar-refractivity contribution in [3.8, 4) is 23.0 Å². The van der Waals surface area contributed by atoms with Gasteiger partial charge in [0.15, 0.2) is 23.0 Å². The zero-order valence-corrected chi connectivity index (χ0v) is 22.0. The van der Waals surface area contributed by atoms with E-state index in [9.17, 15) is 9.59 Å². The molecular weight excluding hydrogens is 464 g/mol. The molecule has 0 bridgehead atoms. The van der Waals surface area contributed by atoms with Gasteiger partial charge in [0.2, 0.25) is 0 Å². The Balaban J connectivity index is 2.11. The third kappa shape index (κ3) is 5.29. The van der Waals surface area contributed by atoms with Gasteiger partial charge in [-0.1, -0.05) is 26.3 Å². The minimum Gasteiger partial charge on any atom is -0.493 e. The summed E-state index contributed by atoms with van der Waals surface area (Å²) >= 11 is 0. The Morgan fingerprint density at radius 2 is 1.56 bits per heavy atom. The van der Waals surface area contributed by atoms with Crippen LogP contribution < -0.4 is 24.3 Å². The molecule has 1 heterocycles. The maximum atomic E-state index is 13.7. The van der Waals surface area contributed by atoms with Crippen LogP contribution in [0.2, 0.25) is 0 Å². The minimum absolute atomic E-state index is 0.0950. The molecule has 2 aromatic carbocycles. The molecule has 2 amide bonds. The second-order valence-electron chi connectivity index (χ2n) is 8.70. The number of methoxy groups -OCH3 is 5. The third-order valence-electron chi connectivity index (χ3n) is 6.80. The number of hydrogen-bond donors (Lipinski definition) is 1. The van der Waals surface area contributed by atoms with Crippen molar-refractivity contribution < 1.29 is 33.3 Å². The lowest BCUT2D eigenvalue weighted by molar-refractivity contribution is -0.144. The molecule has 196 valence electrons. The second-order valence-corrected chi connectivity index (χ2v) is 8.70. The molecule has 2 unspecified atom stereocenters. The normalized spacial score (nSPS) is 16.3. The quantitative estimate of drug-likeness (QED) is 0.521. The number of carbonyl (C=O) groups excluding carboxylic acids is 2. The van der Waals surface area contributed by atoms with Crippen molar-refractivity contribution in [2.45, 2.75) is 38.8 Å². The first kappa shape index (κ1) is 27.0. The summed E-state index contributed by atoms with van der Waals surface area (Å²) in [5.74, 6) is 1.77. The highest BCUT2D eigenvalue weighted by Crippen LogP contribution is 2.42. The van der Waals surface area contributed by atoms with Crippen LogP contribution in [-0.4, -0.2) is 65.0 Å². The summed E-state index contributed by atoms with van der Waals surface area (Å²) in [6.07, 6.45) is 1.32. The van der Waals surface area contributed by atoms with Gasteiger partial charge in [-0.3, -0.25) is 0 Å². The van der Waals surface area contributed by atoms with Gasteiger partial charge >= 0.3 is 12.0 Å². The van der Waals surface area contributed by atoms with E-state index in [1.807, 2.05) is 44.2 Å². The number of carbonyl (C=O) groups is 2. The Labute approximate surface area is 212 Å². The zero-order valence-electron chi connectivity index (χ0n) is 22.0. The van der Waals surface area contributed by atoms with E-state index in [4.69, 9.17) is 23.7 Å². The zero-order chi connectivity index (χ0) is 26.4. The highest BCUT2D eigenvalue weighted by molar-refractivity contribution is 5.84. The van der Waals surface area contributed by atoms with Crippen molar-refractivity contribution >= 4 is 12.0 Å². The van der Waals surface area contributed by atoms with E-state index in [0.717, 1.165) is 16.7 Å². The molecular formula is C27H36N2O7. The van der Waals surface area contributed by atoms with Crippen molar-refractivity contribution in [1.29, 1.82) is 0 Å². The molecule has 3 rings (SSSR count). The Hall–Kier alpha value is -3.62. The molecule has 2 aromatic rings.